The molecule has 4 nitrogen and oxygen atoms in total. The van der Waals surface area contributed by atoms with Gasteiger partial charge in [0.05, 0.1) is 18.4 Å². The SMILES string of the molecule is CCOC(=O)[C@H](C)[C@H](CC1CCCCC1)C(=O)O. The highest BCUT2D eigenvalue weighted by Crippen LogP contribution is 2.32. The molecule has 1 rings (SSSR count). The van der Waals surface area contributed by atoms with Gasteiger partial charge in [-0.25, -0.2) is 0 Å². The fourth-order valence-corrected chi connectivity index (χ4v) is 2.74. The van der Waals surface area contributed by atoms with Crippen LogP contribution in [0.2, 0.25) is 0 Å². The number of carboxylic acids is 1. The lowest BCUT2D eigenvalue weighted by Gasteiger charge is -2.26. The monoisotopic (exact) mass is 256 g/mol. The average Bonchev–Trinajstić information content (AvgIpc) is 2.36. The van der Waals surface area contributed by atoms with Crippen LogP contribution in [0.3, 0.4) is 0 Å². The van der Waals surface area contributed by atoms with Crippen LogP contribution in [-0.4, -0.2) is 23.7 Å². The molecule has 0 aromatic heterocycles. The molecule has 18 heavy (non-hydrogen) atoms. The molecule has 1 N–H and O–H groups in total. The van der Waals surface area contributed by atoms with Crippen molar-refractivity contribution in [1.29, 1.82) is 0 Å². The van der Waals surface area contributed by atoms with Crippen LogP contribution in [0.5, 0.6) is 0 Å². The van der Waals surface area contributed by atoms with Crippen molar-refractivity contribution in [1.82, 2.24) is 0 Å². The van der Waals surface area contributed by atoms with Crippen molar-refractivity contribution in [2.75, 3.05) is 6.61 Å². The van der Waals surface area contributed by atoms with Crippen LogP contribution in [0.4, 0.5) is 0 Å². The van der Waals surface area contributed by atoms with Crippen molar-refractivity contribution in [3.63, 3.8) is 0 Å². The standard InChI is InChI=1S/C14H24O4/c1-3-18-14(17)10(2)12(13(15)16)9-11-7-5-4-6-8-11/h10-12H,3-9H2,1-2H3,(H,15,16)/t10-,12+/m1/s1. The zero-order chi connectivity index (χ0) is 13.5. The number of hydrogen-bond acceptors (Lipinski definition) is 3. The lowest BCUT2D eigenvalue weighted by Crippen LogP contribution is -2.31. The van der Waals surface area contributed by atoms with E-state index < -0.39 is 17.8 Å². The normalized spacial score (nSPS) is 20.1. The van der Waals surface area contributed by atoms with E-state index >= 15 is 0 Å². The highest BCUT2D eigenvalue weighted by Gasteiger charge is 2.33. The molecule has 0 heterocycles. The minimum atomic E-state index is -0.874. The first-order valence-electron chi connectivity index (χ1n) is 6.95. The first-order valence-corrected chi connectivity index (χ1v) is 6.95. The molecule has 0 saturated heterocycles. The summed E-state index contributed by atoms with van der Waals surface area (Å²) in [5.74, 6) is -1.96. The van der Waals surface area contributed by atoms with Crippen LogP contribution in [-0.2, 0) is 14.3 Å². The molecular weight excluding hydrogens is 232 g/mol. The number of carbonyl (C=O) groups excluding carboxylic acids is 1. The van der Waals surface area contributed by atoms with Gasteiger partial charge in [0.2, 0.25) is 0 Å². The van der Waals surface area contributed by atoms with E-state index in [1.54, 1.807) is 13.8 Å². The lowest BCUT2D eigenvalue weighted by molar-refractivity contribution is -0.157. The molecule has 1 saturated carbocycles. The van der Waals surface area contributed by atoms with Crippen molar-refractivity contribution >= 4 is 11.9 Å². The molecule has 104 valence electrons. The molecule has 0 spiro atoms. The Morgan fingerprint density at radius 3 is 2.39 bits per heavy atom. The van der Waals surface area contributed by atoms with E-state index in [0.29, 0.717) is 18.9 Å². The highest BCUT2D eigenvalue weighted by atomic mass is 16.5. The van der Waals surface area contributed by atoms with E-state index in [0.717, 1.165) is 12.8 Å². The van der Waals surface area contributed by atoms with Gasteiger partial charge in [0.25, 0.3) is 0 Å². The Morgan fingerprint density at radius 1 is 1.28 bits per heavy atom. The van der Waals surface area contributed by atoms with E-state index in [9.17, 15) is 14.7 Å². The molecule has 1 fully saturated rings. The van der Waals surface area contributed by atoms with Gasteiger partial charge in [-0.05, 0) is 19.3 Å². The number of carbonyl (C=O) groups is 2. The van der Waals surface area contributed by atoms with Gasteiger partial charge in [0.15, 0.2) is 0 Å². The van der Waals surface area contributed by atoms with Gasteiger partial charge in [-0.3, -0.25) is 9.59 Å². The summed E-state index contributed by atoms with van der Waals surface area (Å²) in [5.41, 5.74) is 0. The van der Waals surface area contributed by atoms with Gasteiger partial charge < -0.3 is 9.84 Å². The predicted octanol–water partition coefficient (Wildman–Crippen LogP) is 2.86. The first kappa shape index (κ1) is 15.0. The predicted molar refractivity (Wildman–Crippen MR) is 68.1 cm³/mol. The van der Waals surface area contributed by atoms with Gasteiger partial charge in [0.1, 0.15) is 0 Å². The van der Waals surface area contributed by atoms with Gasteiger partial charge in [-0.15, -0.1) is 0 Å². The molecule has 2 atom stereocenters. The van der Waals surface area contributed by atoms with Gasteiger partial charge in [-0.2, -0.15) is 0 Å². The van der Waals surface area contributed by atoms with E-state index in [2.05, 4.69) is 0 Å². The number of aliphatic carboxylic acids is 1. The second-order valence-corrected chi connectivity index (χ2v) is 5.23. The largest absolute Gasteiger partial charge is 0.481 e. The Bertz CT molecular complexity index is 282. The zero-order valence-corrected chi connectivity index (χ0v) is 11.4. The molecule has 0 amide bonds. The Morgan fingerprint density at radius 2 is 1.89 bits per heavy atom. The number of esters is 1. The Labute approximate surface area is 109 Å². The molecule has 0 aromatic rings. The molecule has 0 unspecified atom stereocenters. The molecule has 1 aliphatic carbocycles. The lowest BCUT2D eigenvalue weighted by atomic mass is 9.79. The summed E-state index contributed by atoms with van der Waals surface area (Å²) in [5, 5.41) is 9.28. The summed E-state index contributed by atoms with van der Waals surface area (Å²) in [6.07, 6.45) is 6.42. The first-order chi connectivity index (χ1) is 8.56. The number of rotatable bonds is 6. The fourth-order valence-electron chi connectivity index (χ4n) is 2.74. The summed E-state index contributed by atoms with van der Waals surface area (Å²) in [7, 11) is 0. The molecule has 0 bridgehead atoms. The smallest absolute Gasteiger partial charge is 0.309 e. The van der Waals surface area contributed by atoms with Crippen LogP contribution in [0, 0.1) is 17.8 Å². The topological polar surface area (TPSA) is 63.6 Å². The van der Waals surface area contributed by atoms with Gasteiger partial charge in [0, 0.05) is 0 Å². The average molecular weight is 256 g/mol. The third-order valence-corrected chi connectivity index (χ3v) is 3.89. The number of carboxylic acid groups (broad SMARTS) is 1. The quantitative estimate of drug-likeness (QED) is 0.742. The minimum Gasteiger partial charge on any atom is -0.481 e. The molecule has 0 aromatic carbocycles. The number of hydrogen-bond donors (Lipinski definition) is 1. The van der Waals surface area contributed by atoms with Crippen molar-refractivity contribution in [2.45, 2.75) is 52.4 Å². The van der Waals surface area contributed by atoms with Gasteiger partial charge in [-0.1, -0.05) is 39.0 Å². The van der Waals surface area contributed by atoms with Gasteiger partial charge >= 0.3 is 11.9 Å². The second-order valence-electron chi connectivity index (χ2n) is 5.23. The summed E-state index contributed by atoms with van der Waals surface area (Å²) in [6.45, 7) is 3.71. The third kappa shape index (κ3) is 4.31. The van der Waals surface area contributed by atoms with Crippen LogP contribution in [0.1, 0.15) is 52.4 Å². The molecule has 4 heteroatoms. The van der Waals surface area contributed by atoms with E-state index in [4.69, 9.17) is 4.74 Å². The summed E-state index contributed by atoms with van der Waals surface area (Å²) >= 11 is 0. The number of ether oxygens (including phenoxy) is 1. The highest BCUT2D eigenvalue weighted by molar-refractivity contribution is 5.80. The van der Waals surface area contributed by atoms with Crippen molar-refractivity contribution in [3.8, 4) is 0 Å². The van der Waals surface area contributed by atoms with E-state index in [1.165, 1.54) is 19.3 Å². The van der Waals surface area contributed by atoms with Crippen molar-refractivity contribution < 1.29 is 19.4 Å². The fraction of sp³-hybridized carbons (Fsp3) is 0.857. The summed E-state index contributed by atoms with van der Waals surface area (Å²) in [4.78, 5) is 23.0. The Hall–Kier alpha value is -1.06. The van der Waals surface area contributed by atoms with E-state index in [-0.39, 0.29) is 5.97 Å². The summed E-state index contributed by atoms with van der Waals surface area (Å²) in [6, 6.07) is 0. The van der Waals surface area contributed by atoms with Crippen molar-refractivity contribution in [3.05, 3.63) is 0 Å². The maximum absolute atomic E-state index is 11.6. The Balaban J connectivity index is 2.57. The minimum absolute atomic E-state index is 0.305. The van der Waals surface area contributed by atoms with Crippen molar-refractivity contribution in [2.24, 2.45) is 17.8 Å². The second kappa shape index (κ2) is 7.39. The molecule has 1 aliphatic rings. The van der Waals surface area contributed by atoms with Crippen LogP contribution in [0.25, 0.3) is 0 Å². The Kier molecular flexibility index (Phi) is 6.16. The maximum Gasteiger partial charge on any atom is 0.309 e. The molecular formula is C14H24O4. The maximum atomic E-state index is 11.6. The van der Waals surface area contributed by atoms with Crippen LogP contribution in [0.15, 0.2) is 0 Å². The van der Waals surface area contributed by atoms with Crippen LogP contribution < -0.4 is 0 Å². The van der Waals surface area contributed by atoms with Crippen LogP contribution >= 0.6 is 0 Å². The zero-order valence-electron chi connectivity index (χ0n) is 11.4. The van der Waals surface area contributed by atoms with E-state index in [1.807, 2.05) is 0 Å². The third-order valence-electron chi connectivity index (χ3n) is 3.89. The summed E-state index contributed by atoms with van der Waals surface area (Å²) < 4.78 is 4.92. The molecule has 0 aliphatic heterocycles. The molecule has 0 radical (unpaired) electrons.